The molecule has 4 nitrogen and oxygen atoms in total. The van der Waals surface area contributed by atoms with Gasteiger partial charge in [0, 0.05) is 37.3 Å². The van der Waals surface area contributed by atoms with Crippen LogP contribution in [-0.2, 0) is 6.61 Å². The molecule has 3 rings (SSSR count). The number of carbonyl (C=O) groups is 1. The maximum absolute atomic E-state index is 14.3. The number of amides is 1. The molecule has 1 fully saturated rings. The third kappa shape index (κ3) is 3.19. The van der Waals surface area contributed by atoms with Gasteiger partial charge in [-0.1, -0.05) is 30.3 Å². The van der Waals surface area contributed by atoms with Gasteiger partial charge in [0.1, 0.15) is 0 Å². The first-order chi connectivity index (χ1) is 11.2. The molecule has 1 saturated heterocycles. The number of halogens is 1. The third-order valence-electron chi connectivity index (χ3n) is 4.16. The molecule has 0 aromatic heterocycles. The Kier molecular flexibility index (Phi) is 4.57. The summed E-state index contributed by atoms with van der Waals surface area (Å²) < 4.78 is 14.3. The lowest BCUT2D eigenvalue weighted by atomic mass is 10.1. The van der Waals surface area contributed by atoms with Crippen molar-refractivity contribution in [3.05, 3.63) is 65.5 Å². The van der Waals surface area contributed by atoms with Crippen LogP contribution in [-0.4, -0.2) is 42.1 Å². The fourth-order valence-corrected chi connectivity index (χ4v) is 2.85. The highest BCUT2D eigenvalue weighted by molar-refractivity contribution is 5.94. The van der Waals surface area contributed by atoms with Crippen molar-refractivity contribution in [1.82, 2.24) is 4.90 Å². The molecule has 0 aliphatic carbocycles. The number of nitrogens with zero attached hydrogens (tertiary/aromatic N) is 2. The molecule has 5 heteroatoms. The van der Waals surface area contributed by atoms with Crippen LogP contribution in [0.2, 0.25) is 0 Å². The Morgan fingerprint density at radius 1 is 1.00 bits per heavy atom. The van der Waals surface area contributed by atoms with Crippen molar-refractivity contribution in [3.63, 3.8) is 0 Å². The van der Waals surface area contributed by atoms with Gasteiger partial charge in [0.2, 0.25) is 0 Å². The standard InChI is InChI=1S/C18H19FN2O2/c19-17-15(13-22)7-4-8-16(17)20-9-11-21(12-10-20)18(23)14-5-2-1-3-6-14/h1-8,22H,9-13H2. The van der Waals surface area contributed by atoms with Crippen LogP contribution >= 0.6 is 0 Å². The van der Waals surface area contributed by atoms with Gasteiger partial charge in [0.15, 0.2) is 5.82 Å². The summed E-state index contributed by atoms with van der Waals surface area (Å²) in [5.74, 6) is -0.368. The number of carbonyl (C=O) groups excluding carboxylic acids is 1. The van der Waals surface area contributed by atoms with Gasteiger partial charge in [-0.3, -0.25) is 4.79 Å². The number of hydrogen-bond acceptors (Lipinski definition) is 3. The molecule has 0 bridgehead atoms. The number of rotatable bonds is 3. The number of aliphatic hydroxyl groups excluding tert-OH is 1. The quantitative estimate of drug-likeness (QED) is 0.945. The number of anilines is 1. The largest absolute Gasteiger partial charge is 0.392 e. The predicted octanol–water partition coefficient (Wildman–Crippen LogP) is 2.28. The zero-order chi connectivity index (χ0) is 16.2. The van der Waals surface area contributed by atoms with E-state index in [1.54, 1.807) is 35.2 Å². The molecule has 1 N–H and O–H groups in total. The molecule has 0 radical (unpaired) electrons. The lowest BCUT2D eigenvalue weighted by Gasteiger charge is -2.36. The molecule has 1 aliphatic rings. The van der Waals surface area contributed by atoms with Crippen LogP contribution in [0.4, 0.5) is 10.1 Å². The Labute approximate surface area is 134 Å². The van der Waals surface area contributed by atoms with Crippen molar-refractivity contribution in [2.45, 2.75) is 6.61 Å². The van der Waals surface area contributed by atoms with E-state index in [1.165, 1.54) is 0 Å². The van der Waals surface area contributed by atoms with Gasteiger partial charge in [-0.15, -0.1) is 0 Å². The third-order valence-corrected chi connectivity index (χ3v) is 4.16. The minimum atomic E-state index is -0.377. The monoisotopic (exact) mass is 314 g/mol. The maximum atomic E-state index is 14.3. The van der Waals surface area contributed by atoms with Crippen molar-refractivity contribution in [1.29, 1.82) is 0 Å². The smallest absolute Gasteiger partial charge is 0.253 e. The molecule has 1 aliphatic heterocycles. The average Bonchev–Trinajstić information content (AvgIpc) is 2.62. The predicted molar refractivity (Wildman–Crippen MR) is 86.9 cm³/mol. The molecule has 0 atom stereocenters. The minimum absolute atomic E-state index is 0.00910. The maximum Gasteiger partial charge on any atom is 0.253 e. The second kappa shape index (κ2) is 6.79. The lowest BCUT2D eigenvalue weighted by Crippen LogP contribution is -2.49. The number of benzene rings is 2. The summed E-state index contributed by atoms with van der Waals surface area (Å²) in [5, 5.41) is 9.17. The molecule has 2 aromatic carbocycles. The second-order valence-corrected chi connectivity index (χ2v) is 5.55. The van der Waals surface area contributed by atoms with Crippen molar-refractivity contribution in [2.24, 2.45) is 0 Å². The van der Waals surface area contributed by atoms with Crippen LogP contribution in [0.15, 0.2) is 48.5 Å². The highest BCUT2D eigenvalue weighted by Crippen LogP contribution is 2.24. The fraction of sp³-hybridized carbons (Fsp3) is 0.278. The van der Waals surface area contributed by atoms with Crippen molar-refractivity contribution in [2.75, 3.05) is 31.1 Å². The van der Waals surface area contributed by atoms with Gasteiger partial charge in [-0.05, 0) is 18.2 Å². The molecule has 0 spiro atoms. The van der Waals surface area contributed by atoms with E-state index in [4.69, 9.17) is 0 Å². The molecular weight excluding hydrogens is 295 g/mol. The number of piperazine rings is 1. The molecule has 0 unspecified atom stereocenters. The van der Waals surface area contributed by atoms with Gasteiger partial charge >= 0.3 is 0 Å². The van der Waals surface area contributed by atoms with E-state index >= 15 is 0 Å². The number of aliphatic hydroxyl groups is 1. The van der Waals surface area contributed by atoms with Crippen LogP contribution in [0.3, 0.4) is 0 Å². The van der Waals surface area contributed by atoms with Gasteiger partial charge in [0.05, 0.1) is 12.3 Å². The SMILES string of the molecule is O=C(c1ccccc1)N1CCN(c2cccc(CO)c2F)CC1. The molecule has 23 heavy (non-hydrogen) atoms. The summed E-state index contributed by atoms with van der Waals surface area (Å²) in [6, 6.07) is 14.2. The lowest BCUT2D eigenvalue weighted by molar-refractivity contribution is 0.0746. The highest BCUT2D eigenvalue weighted by Gasteiger charge is 2.24. The first-order valence-electron chi connectivity index (χ1n) is 7.68. The van der Waals surface area contributed by atoms with Crippen LogP contribution in [0.5, 0.6) is 0 Å². The zero-order valence-corrected chi connectivity index (χ0v) is 12.8. The normalized spacial score (nSPS) is 14.9. The molecule has 120 valence electrons. The van der Waals surface area contributed by atoms with E-state index < -0.39 is 0 Å². The van der Waals surface area contributed by atoms with Crippen molar-refractivity contribution in [3.8, 4) is 0 Å². The summed E-state index contributed by atoms with van der Waals surface area (Å²) in [7, 11) is 0. The number of hydrogen-bond donors (Lipinski definition) is 1. The summed E-state index contributed by atoms with van der Waals surface area (Å²) in [4.78, 5) is 16.1. The first-order valence-corrected chi connectivity index (χ1v) is 7.68. The molecule has 1 heterocycles. The zero-order valence-electron chi connectivity index (χ0n) is 12.8. The second-order valence-electron chi connectivity index (χ2n) is 5.55. The topological polar surface area (TPSA) is 43.8 Å². The van der Waals surface area contributed by atoms with E-state index in [-0.39, 0.29) is 18.3 Å². The van der Waals surface area contributed by atoms with Crippen LogP contribution in [0.1, 0.15) is 15.9 Å². The first kappa shape index (κ1) is 15.5. The molecular formula is C18H19FN2O2. The Hall–Kier alpha value is -2.40. The van der Waals surface area contributed by atoms with Gasteiger partial charge in [-0.25, -0.2) is 4.39 Å². The van der Waals surface area contributed by atoms with Crippen molar-refractivity contribution >= 4 is 11.6 Å². The fourth-order valence-electron chi connectivity index (χ4n) is 2.85. The van der Waals surface area contributed by atoms with E-state index in [0.717, 1.165) is 0 Å². The molecule has 1 amide bonds. The van der Waals surface area contributed by atoms with Crippen LogP contribution < -0.4 is 4.90 Å². The summed E-state index contributed by atoms with van der Waals surface area (Å²) in [6.07, 6.45) is 0. The Morgan fingerprint density at radius 3 is 2.35 bits per heavy atom. The van der Waals surface area contributed by atoms with Crippen molar-refractivity contribution < 1.29 is 14.3 Å². The average molecular weight is 314 g/mol. The Bertz CT molecular complexity index is 683. The van der Waals surface area contributed by atoms with Gasteiger partial charge < -0.3 is 14.9 Å². The minimum Gasteiger partial charge on any atom is -0.392 e. The van der Waals surface area contributed by atoms with E-state index in [1.807, 2.05) is 23.1 Å². The Morgan fingerprint density at radius 2 is 1.70 bits per heavy atom. The van der Waals surface area contributed by atoms with Crippen LogP contribution in [0, 0.1) is 5.82 Å². The summed E-state index contributed by atoms with van der Waals surface area (Å²) >= 11 is 0. The van der Waals surface area contributed by atoms with E-state index in [2.05, 4.69) is 0 Å². The summed E-state index contributed by atoms with van der Waals surface area (Å²) in [6.45, 7) is 1.94. The highest BCUT2D eigenvalue weighted by atomic mass is 19.1. The molecule has 2 aromatic rings. The molecule has 0 saturated carbocycles. The summed E-state index contributed by atoms with van der Waals surface area (Å²) in [5.41, 5.74) is 1.46. The Balaban J connectivity index is 1.68. The van der Waals surface area contributed by atoms with Crippen LogP contribution in [0.25, 0.3) is 0 Å². The van der Waals surface area contributed by atoms with Gasteiger partial charge in [0.25, 0.3) is 5.91 Å². The van der Waals surface area contributed by atoms with Gasteiger partial charge in [-0.2, -0.15) is 0 Å². The van der Waals surface area contributed by atoms with E-state index in [9.17, 15) is 14.3 Å². The van der Waals surface area contributed by atoms with E-state index in [0.29, 0.717) is 43.0 Å².